The van der Waals surface area contributed by atoms with Crippen molar-refractivity contribution in [2.45, 2.75) is 31.1 Å². The summed E-state index contributed by atoms with van der Waals surface area (Å²) >= 11 is 0. The van der Waals surface area contributed by atoms with Gasteiger partial charge in [0, 0.05) is 6.54 Å². The molecule has 51 heavy (non-hydrogen) atoms. The normalized spacial score (nSPS) is 23.9. The minimum atomic E-state index is -5.01. The first kappa shape index (κ1) is 36.0. The maximum absolute atomic E-state index is 13.2. The van der Waals surface area contributed by atoms with Gasteiger partial charge in [-0.1, -0.05) is 0 Å². The largest absolute Gasteiger partial charge is 0.527 e. The summed E-state index contributed by atoms with van der Waals surface area (Å²) in [5, 5.41) is 11.3. The number of methoxy groups -OCH3 is 2. The summed E-state index contributed by atoms with van der Waals surface area (Å²) in [6.45, 7) is -0.792. The zero-order chi connectivity index (χ0) is 36.5. The number of ether oxygens (including phenoxy) is 5. The molecule has 0 radical (unpaired) electrons. The van der Waals surface area contributed by atoms with E-state index >= 15 is 0 Å². The first-order valence-electron chi connectivity index (χ1n) is 14.5. The number of nitrogen functional groups attached to an aromatic ring is 2. The highest BCUT2D eigenvalue weighted by Gasteiger charge is 2.50. The number of nitrogens with two attached hydrogens (primary N) is 2. The molecule has 0 amide bonds. The third kappa shape index (κ3) is 7.49. The van der Waals surface area contributed by atoms with Gasteiger partial charge < -0.3 is 54.2 Å². The number of imidazole rings is 2. The molecule has 4 aromatic rings. The van der Waals surface area contributed by atoms with Gasteiger partial charge in [-0.3, -0.25) is 23.1 Å². The zero-order valence-electron chi connectivity index (χ0n) is 26.5. The second-order valence-electron chi connectivity index (χ2n) is 10.6. The van der Waals surface area contributed by atoms with Crippen molar-refractivity contribution in [3.8, 4) is 0 Å². The molecule has 2 aliphatic rings. The van der Waals surface area contributed by atoms with Gasteiger partial charge in [-0.25, -0.2) is 39.3 Å². The minimum Gasteiger partial charge on any atom is -0.489 e. The van der Waals surface area contributed by atoms with Gasteiger partial charge in [-0.15, -0.1) is 0 Å². The number of phosphoric acid groups is 1. The summed E-state index contributed by atoms with van der Waals surface area (Å²) in [6.07, 6.45) is -1.40. The minimum absolute atomic E-state index is 0.0272. The van der Waals surface area contributed by atoms with Crippen LogP contribution in [0.4, 0.5) is 11.6 Å². The maximum atomic E-state index is 13.2. The summed E-state index contributed by atoms with van der Waals surface area (Å²) in [5.41, 5.74) is 12.9. The van der Waals surface area contributed by atoms with Crippen LogP contribution in [-0.2, 0) is 57.7 Å². The molecule has 6 rings (SSSR count). The standard InChI is InChI=1S/C25H30N10O14P2/c1-42-18-13(48-25(37)19(18)43-2)6-46-51(40,41)45-5-12-17(16(36)24(47-12)35-10-32-14-20(26)28-8-31-23(14)35)49-50(38,39)11-44-4-3-34-9-33-22-15(34)21(27)29-7-30-22/h6-10,12,16-17,24,36H,3-5,11H2,1-2H3,(H,38,39)(H,40,41)(H2,26,28,31)(H2,27,29,30)/t12-,16?,17+,24-/m1/s1. The Hall–Kier alpha value is -4.77. The van der Waals surface area contributed by atoms with Crippen LogP contribution in [0.5, 0.6) is 0 Å². The molecule has 3 unspecified atom stereocenters. The van der Waals surface area contributed by atoms with Crippen molar-refractivity contribution in [1.29, 1.82) is 0 Å². The average molecular weight is 757 g/mol. The van der Waals surface area contributed by atoms with Crippen molar-refractivity contribution in [3.05, 3.63) is 48.8 Å². The smallest absolute Gasteiger partial charge is 0.489 e. The number of aliphatic hydroxyl groups is 1. The fourth-order valence-electron chi connectivity index (χ4n) is 5.09. The van der Waals surface area contributed by atoms with Crippen LogP contribution in [0.1, 0.15) is 6.23 Å². The Kier molecular flexibility index (Phi) is 10.2. The van der Waals surface area contributed by atoms with Gasteiger partial charge >= 0.3 is 21.4 Å². The molecule has 0 aromatic carbocycles. The first-order valence-corrected chi connectivity index (χ1v) is 17.7. The van der Waals surface area contributed by atoms with Crippen LogP contribution in [0.3, 0.4) is 0 Å². The lowest BCUT2D eigenvalue weighted by molar-refractivity contribution is -0.136. The predicted molar refractivity (Wildman–Crippen MR) is 167 cm³/mol. The molecule has 0 saturated carbocycles. The van der Waals surface area contributed by atoms with Crippen LogP contribution in [0.15, 0.2) is 48.8 Å². The Labute approximate surface area is 285 Å². The van der Waals surface area contributed by atoms with Gasteiger partial charge in [0.15, 0.2) is 29.2 Å². The van der Waals surface area contributed by atoms with Crippen molar-refractivity contribution in [1.82, 2.24) is 39.0 Å². The fourth-order valence-corrected chi connectivity index (χ4v) is 6.78. The third-order valence-corrected chi connectivity index (χ3v) is 9.28. The number of rotatable bonds is 15. The molecule has 26 heteroatoms. The lowest BCUT2D eigenvalue weighted by Crippen LogP contribution is -2.36. The first-order chi connectivity index (χ1) is 24.3. The molecular formula is C25H30N10O14P2. The Morgan fingerprint density at radius 3 is 2.51 bits per heavy atom. The number of fused-ring (bicyclic) bond motifs is 2. The van der Waals surface area contributed by atoms with Gasteiger partial charge in [-0.05, 0) is 0 Å². The lowest BCUT2D eigenvalue weighted by atomic mass is 10.1. The molecule has 274 valence electrons. The Morgan fingerprint density at radius 1 is 1.00 bits per heavy atom. The number of carbonyl (C=O) groups is 1. The van der Waals surface area contributed by atoms with Crippen LogP contribution in [0.25, 0.3) is 22.3 Å². The van der Waals surface area contributed by atoms with E-state index in [-0.39, 0.29) is 47.5 Å². The number of phosphoric ester groups is 1. The highest BCUT2D eigenvalue weighted by molar-refractivity contribution is 7.52. The number of aromatic nitrogens is 8. The molecule has 0 aliphatic carbocycles. The number of aliphatic hydroxyl groups excluding tert-OH is 1. The molecule has 6 heterocycles. The van der Waals surface area contributed by atoms with E-state index in [1.54, 1.807) is 4.57 Å². The Morgan fingerprint density at radius 2 is 1.75 bits per heavy atom. The van der Waals surface area contributed by atoms with Gasteiger partial charge in [0.25, 0.3) is 5.76 Å². The molecule has 2 aliphatic heterocycles. The summed E-state index contributed by atoms with van der Waals surface area (Å²) in [5.74, 6) is -1.65. The summed E-state index contributed by atoms with van der Waals surface area (Å²) in [6, 6.07) is 0. The molecule has 4 aromatic heterocycles. The number of nitrogens with zero attached hydrogens (tertiary/aromatic N) is 8. The number of hydrogen-bond acceptors (Lipinski definition) is 20. The van der Waals surface area contributed by atoms with E-state index < -0.39 is 64.6 Å². The van der Waals surface area contributed by atoms with Gasteiger partial charge in [-0.2, -0.15) is 0 Å². The van der Waals surface area contributed by atoms with Crippen molar-refractivity contribution in [2.75, 3.05) is 45.2 Å². The second-order valence-corrected chi connectivity index (χ2v) is 13.7. The molecule has 6 atom stereocenters. The van der Waals surface area contributed by atoms with Crippen LogP contribution in [0.2, 0.25) is 0 Å². The monoisotopic (exact) mass is 756 g/mol. The number of hydrogen-bond donors (Lipinski definition) is 5. The zero-order valence-corrected chi connectivity index (χ0v) is 28.3. The van der Waals surface area contributed by atoms with Gasteiger partial charge in [0.05, 0.1) is 40.1 Å². The molecule has 7 N–H and O–H groups in total. The summed E-state index contributed by atoms with van der Waals surface area (Å²) in [7, 11) is -7.31. The van der Waals surface area contributed by atoms with Crippen molar-refractivity contribution in [2.24, 2.45) is 0 Å². The maximum Gasteiger partial charge on any atom is 0.527 e. The van der Waals surface area contributed by atoms with E-state index in [0.717, 1.165) is 6.33 Å². The van der Waals surface area contributed by atoms with Crippen molar-refractivity contribution < 1.29 is 66.1 Å². The molecule has 1 fully saturated rings. The van der Waals surface area contributed by atoms with Gasteiger partial charge in [0.1, 0.15) is 54.6 Å². The quantitative estimate of drug-likeness (QED) is 0.0448. The fraction of sp³-hybridized carbons (Fsp3) is 0.400. The molecule has 1 saturated heterocycles. The van der Waals surface area contributed by atoms with E-state index in [0.29, 0.717) is 17.4 Å². The van der Waals surface area contributed by atoms with Crippen molar-refractivity contribution in [3.63, 3.8) is 0 Å². The predicted octanol–water partition coefficient (Wildman–Crippen LogP) is -0.330. The van der Waals surface area contributed by atoms with E-state index in [9.17, 15) is 28.8 Å². The molecule has 24 nitrogen and oxygen atoms in total. The average Bonchev–Trinajstić information content (AvgIpc) is 3.85. The molecule has 0 spiro atoms. The Bertz CT molecular complexity index is 2110. The second kappa shape index (κ2) is 14.5. The van der Waals surface area contributed by atoms with Crippen LogP contribution >= 0.6 is 15.4 Å². The highest BCUT2D eigenvalue weighted by Crippen LogP contribution is 2.50. The molecular weight excluding hydrogens is 726 g/mol. The SMILES string of the molecule is COC1=C(OC)C(=COP(=O)(O)OC[C@H]2O[C@@H](n3cnc4c(N)ncnc43)C(O)[C@H]2OP(=O)(O)COCCn2cnc3ncnc(N)c32)OC1=O. The summed E-state index contributed by atoms with van der Waals surface area (Å²) < 4.78 is 70.4. The number of cyclic esters (lactones) is 1. The number of anilines is 2. The van der Waals surface area contributed by atoms with Crippen LogP contribution in [-0.4, -0.2) is 112 Å². The van der Waals surface area contributed by atoms with Crippen LogP contribution < -0.4 is 11.5 Å². The van der Waals surface area contributed by atoms with E-state index in [1.165, 1.54) is 37.8 Å². The van der Waals surface area contributed by atoms with E-state index in [1.807, 2.05) is 0 Å². The van der Waals surface area contributed by atoms with E-state index in [4.69, 9.17) is 48.7 Å². The highest BCUT2D eigenvalue weighted by atomic mass is 31.2. The van der Waals surface area contributed by atoms with Gasteiger partial charge in [0.2, 0.25) is 11.5 Å². The summed E-state index contributed by atoms with van der Waals surface area (Å²) in [4.78, 5) is 57.2. The lowest BCUT2D eigenvalue weighted by Gasteiger charge is -2.24. The molecule has 0 bridgehead atoms. The van der Waals surface area contributed by atoms with Crippen LogP contribution in [0, 0.1) is 0 Å². The topological polar surface area (TPSA) is 325 Å². The van der Waals surface area contributed by atoms with Crippen molar-refractivity contribution >= 4 is 55.4 Å². The van der Waals surface area contributed by atoms with E-state index in [2.05, 4.69) is 29.9 Å². The third-order valence-electron chi connectivity index (χ3n) is 7.35. The number of esters is 1. The Balaban J connectivity index is 1.15. The number of carbonyl (C=O) groups excluding carboxylic acids is 1.